The molecule has 13 nitrogen and oxygen atoms in total. The Bertz CT molecular complexity index is 4380. The zero-order chi connectivity index (χ0) is 55.2. The molecule has 0 atom stereocenters. The number of fused-ring (bicyclic) bond motifs is 9. The van der Waals surface area contributed by atoms with Crippen molar-refractivity contribution in [2.45, 2.75) is 20.8 Å². The van der Waals surface area contributed by atoms with E-state index in [1.807, 2.05) is 24.5 Å². The van der Waals surface area contributed by atoms with Crippen LogP contribution in [0.4, 0.5) is 0 Å². The molecule has 13 rings (SSSR count). The van der Waals surface area contributed by atoms with Crippen molar-refractivity contribution in [3.05, 3.63) is 238 Å². The highest BCUT2D eigenvalue weighted by Crippen LogP contribution is 2.43. The van der Waals surface area contributed by atoms with Crippen LogP contribution in [0.5, 0.6) is 0 Å². The van der Waals surface area contributed by atoms with Crippen LogP contribution in [0.2, 0.25) is 10.3 Å². The lowest BCUT2D eigenvalue weighted by molar-refractivity contribution is 0.111. The van der Waals surface area contributed by atoms with Gasteiger partial charge in [0.15, 0.2) is 12.6 Å². The second kappa shape index (κ2) is 23.8. The zero-order valence-corrected chi connectivity index (χ0v) is 45.7. The van der Waals surface area contributed by atoms with E-state index in [-0.39, 0.29) is 10.6 Å². The maximum atomic E-state index is 10.8. The van der Waals surface area contributed by atoms with Crippen molar-refractivity contribution in [2.75, 3.05) is 0 Å². The highest BCUT2D eigenvalue weighted by atomic mass is 79.9. The summed E-state index contributed by atoms with van der Waals surface area (Å²) in [5, 5.41) is 22.2. The monoisotopic (exact) mass is 1140 g/mol. The van der Waals surface area contributed by atoms with Crippen LogP contribution in [0.1, 0.15) is 37.4 Å². The molecule has 0 fully saturated rings. The molecule has 0 aliphatic carbocycles. The van der Waals surface area contributed by atoms with Crippen LogP contribution in [0.3, 0.4) is 0 Å². The SMILES string of the molecule is Cc1cc(C)c(-c2c(-c3ccc4c(c3)c3ccccc3n4-c3ccccc3)nc3c4cccnc4c4cccnc4n23)c(C)c1.O=Cc1cccnc1-c1cccnc1Cl.O=Cc1cccnc1Br.OB(O)c1cccnc1Cl. The fourth-order valence-electron chi connectivity index (χ4n) is 9.71. The fraction of sp³-hybridized carbons (Fsp3) is 0.0484. The van der Waals surface area contributed by atoms with Gasteiger partial charge in [0.25, 0.3) is 0 Å². The number of hydrogen-bond donors (Lipinski definition) is 2. The molecule has 0 spiro atoms. The van der Waals surface area contributed by atoms with Crippen LogP contribution in [0.25, 0.3) is 88.8 Å². The van der Waals surface area contributed by atoms with Crippen LogP contribution in [-0.4, -0.2) is 73.6 Å². The molecule has 0 saturated heterocycles. The molecule has 2 N–H and O–H groups in total. The third-order valence-electron chi connectivity index (χ3n) is 13.0. The Morgan fingerprint density at radius 2 is 1.11 bits per heavy atom. The zero-order valence-electron chi connectivity index (χ0n) is 42.6. The van der Waals surface area contributed by atoms with Crippen molar-refractivity contribution < 1.29 is 19.6 Å². The maximum Gasteiger partial charge on any atom is 0.491 e. The van der Waals surface area contributed by atoms with Gasteiger partial charge in [-0.05, 0) is 145 Å². The molecule has 0 amide bonds. The minimum atomic E-state index is -1.54. The molecule has 0 saturated carbocycles. The van der Waals surface area contributed by atoms with E-state index >= 15 is 0 Å². The minimum absolute atomic E-state index is 0.123. The lowest BCUT2D eigenvalue weighted by Gasteiger charge is -2.15. The van der Waals surface area contributed by atoms with E-state index in [2.05, 4.69) is 163 Å². The Labute approximate surface area is 472 Å². The van der Waals surface area contributed by atoms with Crippen molar-refractivity contribution in [1.82, 2.24) is 43.9 Å². The Kier molecular flexibility index (Phi) is 16.2. The first-order valence-corrected chi connectivity index (χ1v) is 26.3. The number of pyridine rings is 7. The Morgan fingerprint density at radius 1 is 0.532 bits per heavy atom. The Balaban J connectivity index is 0.000000167. The molecular weight excluding hydrogens is 1100 g/mol. The highest BCUT2D eigenvalue weighted by Gasteiger charge is 2.25. The molecule has 13 aromatic rings. The largest absolute Gasteiger partial charge is 0.491 e. The summed E-state index contributed by atoms with van der Waals surface area (Å²) in [6, 6.07) is 52.2. The van der Waals surface area contributed by atoms with E-state index in [1.165, 1.54) is 56.3 Å². The number of aldehydes is 2. The van der Waals surface area contributed by atoms with Gasteiger partial charge in [0, 0.05) is 97.7 Å². The predicted molar refractivity (Wildman–Crippen MR) is 319 cm³/mol. The highest BCUT2D eigenvalue weighted by molar-refractivity contribution is 9.10. The average molecular weight is 1140 g/mol. The smallest absolute Gasteiger partial charge is 0.423 e. The normalized spacial score (nSPS) is 10.9. The van der Waals surface area contributed by atoms with Gasteiger partial charge in [0.05, 0.1) is 33.6 Å². The summed E-state index contributed by atoms with van der Waals surface area (Å²) in [6.07, 6.45) is 11.5. The summed E-state index contributed by atoms with van der Waals surface area (Å²) in [5.74, 6) is 0. The summed E-state index contributed by atoms with van der Waals surface area (Å²) in [6.45, 7) is 6.56. The van der Waals surface area contributed by atoms with E-state index in [0.717, 1.165) is 62.8 Å². The summed E-state index contributed by atoms with van der Waals surface area (Å²) >= 11 is 14.5. The number of rotatable bonds is 7. The lowest BCUT2D eigenvalue weighted by Crippen LogP contribution is -2.31. The molecule has 9 heterocycles. The fourth-order valence-corrected chi connectivity index (χ4v) is 10.5. The van der Waals surface area contributed by atoms with Crippen molar-refractivity contribution in [3.63, 3.8) is 0 Å². The number of hydrogen-bond acceptors (Lipinski definition) is 11. The average Bonchev–Trinajstić information content (AvgIpc) is 4.24. The van der Waals surface area contributed by atoms with E-state index in [9.17, 15) is 9.59 Å². The molecule has 0 aliphatic rings. The number of para-hydroxylation sites is 2. The van der Waals surface area contributed by atoms with E-state index in [1.54, 1.807) is 61.1 Å². The van der Waals surface area contributed by atoms with Gasteiger partial charge in [-0.15, -0.1) is 0 Å². The van der Waals surface area contributed by atoms with Crippen LogP contribution in [0.15, 0.2) is 200 Å². The molecule has 79 heavy (non-hydrogen) atoms. The van der Waals surface area contributed by atoms with Crippen molar-refractivity contribution in [3.8, 4) is 39.5 Å². The number of carbonyl (C=O) groups excluding carboxylic acids is 2. The van der Waals surface area contributed by atoms with E-state index in [0.29, 0.717) is 32.1 Å². The van der Waals surface area contributed by atoms with Crippen LogP contribution in [-0.2, 0) is 0 Å². The molecule has 4 aromatic carbocycles. The first-order valence-electron chi connectivity index (χ1n) is 24.7. The summed E-state index contributed by atoms with van der Waals surface area (Å²) in [4.78, 5) is 51.7. The molecule has 9 aromatic heterocycles. The van der Waals surface area contributed by atoms with Gasteiger partial charge < -0.3 is 14.6 Å². The number of carbonyl (C=O) groups is 2. The number of halogens is 3. The molecular formula is C62H45BBrCl2N9O4. The first kappa shape index (κ1) is 53.6. The second-order valence-corrected chi connectivity index (χ2v) is 19.6. The van der Waals surface area contributed by atoms with Crippen molar-refractivity contribution in [1.29, 1.82) is 0 Å². The topological polar surface area (TPSA) is 174 Å². The first-order chi connectivity index (χ1) is 38.5. The maximum absolute atomic E-state index is 10.8. The quantitative estimate of drug-likeness (QED) is 0.0673. The Hall–Kier alpha value is -8.83. The summed E-state index contributed by atoms with van der Waals surface area (Å²) < 4.78 is 5.21. The van der Waals surface area contributed by atoms with Gasteiger partial charge >= 0.3 is 7.12 Å². The van der Waals surface area contributed by atoms with E-state index in [4.69, 9.17) is 48.2 Å². The number of nitrogens with zero attached hydrogens (tertiary/aromatic N) is 9. The Morgan fingerprint density at radius 3 is 1.78 bits per heavy atom. The third kappa shape index (κ3) is 10.9. The van der Waals surface area contributed by atoms with Crippen molar-refractivity contribution in [2.24, 2.45) is 0 Å². The van der Waals surface area contributed by atoms with Gasteiger partial charge in [-0.1, -0.05) is 89.4 Å². The van der Waals surface area contributed by atoms with E-state index < -0.39 is 7.12 Å². The molecule has 0 radical (unpaired) electrons. The molecule has 0 unspecified atom stereocenters. The van der Waals surface area contributed by atoms with Gasteiger partial charge in [-0.3, -0.25) is 24.0 Å². The number of aryl methyl sites for hydroxylation is 3. The van der Waals surface area contributed by atoms with Gasteiger partial charge in [0.2, 0.25) is 0 Å². The third-order valence-corrected chi connectivity index (χ3v) is 14.3. The molecule has 0 bridgehead atoms. The summed E-state index contributed by atoms with van der Waals surface area (Å²) in [5.41, 5.74) is 16.6. The number of aromatic nitrogens is 9. The molecule has 386 valence electrons. The van der Waals surface area contributed by atoms with Gasteiger partial charge in [-0.25, -0.2) is 24.9 Å². The van der Waals surface area contributed by atoms with Crippen LogP contribution in [0, 0.1) is 20.8 Å². The molecule has 17 heteroatoms. The summed E-state index contributed by atoms with van der Waals surface area (Å²) in [7, 11) is -1.54. The minimum Gasteiger partial charge on any atom is -0.423 e. The standard InChI is InChI=1S/C40H29N5.C11H7ClN2O.C6H4BrNO.C5H5BClNO2/c1-24-21-25(2)35(26(3)22-24)38-36(43-40-31-15-9-19-41-37(31)30-14-10-20-42-39(30)45(38)40)27-17-18-34-32(23-27)29-13-7-8-16-33(29)44(34)28-11-5-4-6-12-28;12-11-9(4-2-6-14-11)10-8(7-15)3-1-5-13-10;7-6-5(4-9)2-1-3-8-6;7-5-4(6(9)10)2-1-3-8-5/h4-23H,1-3H3;1-7H;1-4H;1-3,9-10H. The van der Waals surface area contributed by atoms with Gasteiger partial charge in [-0.2, -0.15) is 0 Å². The molecule has 0 aliphatic heterocycles. The number of benzene rings is 4. The number of imidazole rings is 1. The van der Waals surface area contributed by atoms with Crippen molar-refractivity contribution >= 4 is 114 Å². The van der Waals surface area contributed by atoms with Crippen LogP contribution < -0.4 is 5.46 Å². The second-order valence-electron chi connectivity index (χ2n) is 18.1. The van der Waals surface area contributed by atoms with Crippen LogP contribution >= 0.6 is 39.1 Å². The lowest BCUT2D eigenvalue weighted by atomic mass is 9.82. The van der Waals surface area contributed by atoms with Gasteiger partial charge in [0.1, 0.15) is 26.2 Å². The predicted octanol–water partition coefficient (Wildman–Crippen LogP) is 13.5.